The molecule has 0 aliphatic heterocycles. The minimum absolute atomic E-state index is 0.0261. The number of unbranched alkanes of at least 4 members (excludes halogenated alkanes) is 24. The van der Waals surface area contributed by atoms with Crippen LogP contribution in [0.3, 0.4) is 0 Å². The number of hydrogen-bond acceptors (Lipinski definition) is 8. The molecule has 0 amide bonds. The summed E-state index contributed by atoms with van der Waals surface area (Å²) >= 11 is 0. The third-order valence-corrected chi connectivity index (χ3v) is 10.1. The lowest BCUT2D eigenvalue weighted by molar-refractivity contribution is -0.870. The third kappa shape index (κ3) is 36.8. The lowest BCUT2D eigenvalue weighted by atomic mass is 10.0. The van der Waals surface area contributed by atoms with Crippen LogP contribution in [0.2, 0.25) is 0 Å². The van der Waals surface area contributed by atoms with Crippen molar-refractivity contribution in [2.45, 2.75) is 200 Å². The van der Waals surface area contributed by atoms with Gasteiger partial charge in [0.05, 0.1) is 27.7 Å². The molecule has 0 aromatic carbocycles. The average Bonchev–Trinajstić information content (AvgIpc) is 3.06. The Balaban J connectivity index is 4.26. The summed E-state index contributed by atoms with van der Waals surface area (Å²) in [6.45, 7) is 4.21. The number of ether oxygens (including phenoxy) is 2. The highest BCUT2D eigenvalue weighted by Crippen LogP contribution is 2.38. The van der Waals surface area contributed by atoms with Crippen molar-refractivity contribution in [1.82, 2.24) is 0 Å². The van der Waals surface area contributed by atoms with Crippen LogP contribution in [0.25, 0.3) is 0 Å². The maximum Gasteiger partial charge on any atom is 0.306 e. The molecule has 0 aliphatic rings. The predicted molar refractivity (Wildman–Crippen MR) is 204 cm³/mol. The molecule has 9 nitrogen and oxygen atoms in total. The quantitative estimate of drug-likeness (QED) is 0.0267. The topological polar surface area (TPSA) is 111 Å². The molecule has 0 saturated carbocycles. The predicted octanol–water partition coefficient (Wildman–Crippen LogP) is 10.6. The first-order valence-corrected chi connectivity index (χ1v) is 22.2. The van der Waals surface area contributed by atoms with E-state index in [1.165, 1.54) is 128 Å². The molecule has 2 atom stereocenters. The Labute approximate surface area is 308 Å². The lowest BCUT2D eigenvalue weighted by Crippen LogP contribution is -2.37. The number of hydrogen-bond donors (Lipinski definition) is 0. The van der Waals surface area contributed by atoms with Gasteiger partial charge in [-0.3, -0.25) is 14.2 Å². The van der Waals surface area contributed by atoms with Crippen molar-refractivity contribution >= 4 is 19.8 Å². The second-order valence-corrected chi connectivity index (χ2v) is 16.8. The van der Waals surface area contributed by atoms with Gasteiger partial charge in [-0.1, -0.05) is 168 Å². The number of phosphoric acid groups is 1. The van der Waals surface area contributed by atoms with E-state index in [-0.39, 0.29) is 32.0 Å². The van der Waals surface area contributed by atoms with Crippen LogP contribution in [-0.2, 0) is 32.7 Å². The number of quaternary nitrogens is 1. The average molecular weight is 734 g/mol. The minimum Gasteiger partial charge on any atom is -0.756 e. The zero-order valence-corrected chi connectivity index (χ0v) is 34.3. The van der Waals surface area contributed by atoms with E-state index in [2.05, 4.69) is 13.8 Å². The summed E-state index contributed by atoms with van der Waals surface area (Å²) in [7, 11) is 1.18. The Morgan fingerprint density at radius 3 is 1.28 bits per heavy atom. The molecule has 50 heavy (non-hydrogen) atoms. The maximum absolute atomic E-state index is 12.6. The highest BCUT2D eigenvalue weighted by atomic mass is 31.2. The highest BCUT2D eigenvalue weighted by Gasteiger charge is 2.21. The summed E-state index contributed by atoms with van der Waals surface area (Å²) in [6.07, 6.45) is 31.4. The van der Waals surface area contributed by atoms with E-state index in [1.54, 1.807) is 0 Å². The second kappa shape index (κ2) is 33.8. The van der Waals surface area contributed by atoms with E-state index >= 15 is 0 Å². The molecule has 0 aromatic rings. The Morgan fingerprint density at radius 1 is 0.540 bits per heavy atom. The van der Waals surface area contributed by atoms with E-state index in [1.807, 2.05) is 21.1 Å². The second-order valence-electron chi connectivity index (χ2n) is 15.4. The monoisotopic (exact) mass is 734 g/mol. The molecule has 1 unspecified atom stereocenters. The lowest BCUT2D eigenvalue weighted by Gasteiger charge is -2.28. The standard InChI is InChI=1S/C40H80NO8P/c1-6-8-10-12-14-16-17-18-19-20-21-22-23-24-25-27-29-31-33-40(43)49-38(37-48-50(44,45)47-35-34-41(3,4)5)36-46-39(42)32-30-28-26-15-13-11-9-7-2/h38H,6-37H2,1-5H3/t38-/m1/s1. The van der Waals surface area contributed by atoms with E-state index in [9.17, 15) is 19.0 Å². The van der Waals surface area contributed by atoms with Crippen LogP contribution >= 0.6 is 7.82 Å². The zero-order chi connectivity index (χ0) is 37.2. The van der Waals surface area contributed by atoms with Crippen molar-refractivity contribution < 1.29 is 42.1 Å². The summed E-state index contributed by atoms with van der Waals surface area (Å²) < 4.78 is 33.7. The van der Waals surface area contributed by atoms with Crippen LogP contribution in [0, 0.1) is 0 Å². The molecular weight excluding hydrogens is 653 g/mol. The van der Waals surface area contributed by atoms with Gasteiger partial charge in [0.25, 0.3) is 7.82 Å². The van der Waals surface area contributed by atoms with Crippen LogP contribution in [0.5, 0.6) is 0 Å². The molecule has 0 heterocycles. The smallest absolute Gasteiger partial charge is 0.306 e. The van der Waals surface area contributed by atoms with Gasteiger partial charge in [0.15, 0.2) is 6.10 Å². The van der Waals surface area contributed by atoms with Gasteiger partial charge in [-0.2, -0.15) is 0 Å². The van der Waals surface area contributed by atoms with Gasteiger partial charge < -0.3 is 27.9 Å². The van der Waals surface area contributed by atoms with Gasteiger partial charge in [0.1, 0.15) is 19.8 Å². The summed E-state index contributed by atoms with van der Waals surface area (Å²) in [5, 5.41) is 0. The fourth-order valence-electron chi connectivity index (χ4n) is 5.83. The van der Waals surface area contributed by atoms with Crippen molar-refractivity contribution in [2.24, 2.45) is 0 Å². The highest BCUT2D eigenvalue weighted by molar-refractivity contribution is 7.45. The van der Waals surface area contributed by atoms with Crippen LogP contribution in [0.15, 0.2) is 0 Å². The first-order valence-electron chi connectivity index (χ1n) is 20.7. The number of carbonyl (C=O) groups is 2. The summed E-state index contributed by atoms with van der Waals surface area (Å²) in [5.74, 6) is -0.828. The minimum atomic E-state index is -4.61. The Bertz CT molecular complexity index is 835. The SMILES string of the molecule is CCCCCCCCCCCCCCCCCCCCC(=O)O[C@H](COC(=O)CCCCCCCCCC)COP(=O)([O-])OCC[N+](C)(C)C. The number of nitrogens with zero attached hydrogens (tertiary/aromatic N) is 1. The van der Waals surface area contributed by atoms with Crippen molar-refractivity contribution in [3.8, 4) is 0 Å². The van der Waals surface area contributed by atoms with Crippen LogP contribution in [0.4, 0.5) is 0 Å². The Hall–Kier alpha value is -0.990. The van der Waals surface area contributed by atoms with Crippen LogP contribution in [-0.4, -0.2) is 70.0 Å². The number of esters is 2. The van der Waals surface area contributed by atoms with Crippen molar-refractivity contribution in [1.29, 1.82) is 0 Å². The van der Waals surface area contributed by atoms with E-state index < -0.39 is 26.5 Å². The van der Waals surface area contributed by atoms with Crippen molar-refractivity contribution in [3.05, 3.63) is 0 Å². The summed E-state index contributed by atoms with van der Waals surface area (Å²) in [5.41, 5.74) is 0. The molecule has 0 rings (SSSR count). The normalized spacial score (nSPS) is 13.6. The molecule has 298 valence electrons. The largest absolute Gasteiger partial charge is 0.756 e. The molecule has 0 saturated heterocycles. The number of phosphoric ester groups is 1. The van der Waals surface area contributed by atoms with Gasteiger partial charge in [0, 0.05) is 12.8 Å². The van der Waals surface area contributed by atoms with E-state index in [0.717, 1.165) is 32.1 Å². The molecule has 0 fully saturated rings. The van der Waals surface area contributed by atoms with Gasteiger partial charge in [0.2, 0.25) is 0 Å². The molecule has 0 radical (unpaired) electrons. The maximum atomic E-state index is 12.6. The summed E-state index contributed by atoms with van der Waals surface area (Å²) in [4.78, 5) is 37.3. The Kier molecular flexibility index (Phi) is 33.2. The van der Waals surface area contributed by atoms with Crippen LogP contribution < -0.4 is 4.89 Å². The first kappa shape index (κ1) is 49.0. The van der Waals surface area contributed by atoms with Gasteiger partial charge >= 0.3 is 11.9 Å². The number of likely N-dealkylation sites (N-methyl/N-ethyl adjacent to an activating group) is 1. The zero-order valence-electron chi connectivity index (χ0n) is 33.4. The van der Waals surface area contributed by atoms with E-state index in [0.29, 0.717) is 17.4 Å². The molecule has 0 spiro atoms. The Morgan fingerprint density at radius 2 is 0.900 bits per heavy atom. The molecule has 0 N–H and O–H groups in total. The number of rotatable bonds is 38. The molecular formula is C40H80NO8P. The molecule has 0 bridgehead atoms. The van der Waals surface area contributed by atoms with Crippen molar-refractivity contribution in [2.75, 3.05) is 47.5 Å². The van der Waals surface area contributed by atoms with Crippen LogP contribution in [0.1, 0.15) is 194 Å². The molecule has 0 aromatic heterocycles. The summed E-state index contributed by atoms with van der Waals surface area (Å²) in [6, 6.07) is 0. The third-order valence-electron chi connectivity index (χ3n) is 9.13. The van der Waals surface area contributed by atoms with Gasteiger partial charge in [-0.15, -0.1) is 0 Å². The van der Waals surface area contributed by atoms with Gasteiger partial charge in [-0.25, -0.2) is 0 Å². The van der Waals surface area contributed by atoms with Crippen molar-refractivity contribution in [3.63, 3.8) is 0 Å². The fourth-order valence-corrected chi connectivity index (χ4v) is 6.56. The molecule has 10 heteroatoms. The molecule has 0 aliphatic carbocycles. The van der Waals surface area contributed by atoms with E-state index in [4.69, 9.17) is 18.5 Å². The first-order chi connectivity index (χ1) is 24.0. The van der Waals surface area contributed by atoms with Gasteiger partial charge in [-0.05, 0) is 12.8 Å². The number of carbonyl (C=O) groups excluding carboxylic acids is 2. The fraction of sp³-hybridized carbons (Fsp3) is 0.950.